The van der Waals surface area contributed by atoms with Gasteiger partial charge in [0.1, 0.15) is 5.75 Å². The van der Waals surface area contributed by atoms with Crippen LogP contribution in [0.15, 0.2) is 42.5 Å². The molecule has 0 aliphatic rings. The molecule has 1 unspecified atom stereocenters. The van der Waals surface area contributed by atoms with Crippen LogP contribution in [0.5, 0.6) is 5.75 Å². The summed E-state index contributed by atoms with van der Waals surface area (Å²) in [6.45, 7) is 0. The Balaban J connectivity index is 2.42. The number of rotatable bonds is 4. The fraction of sp³-hybridized carbons (Fsp3) is 0.143. The standard InChI is InChI=1S/C14H14Cl2N2O/c1-19-13-8-10(5-6-12(13)16)14(18-17)9-3-2-4-11(15)7-9/h2-8,14,18H,17H2,1H3. The second-order valence-corrected chi connectivity index (χ2v) is 4.89. The molecule has 3 nitrogen and oxygen atoms in total. The molecule has 2 aromatic rings. The van der Waals surface area contributed by atoms with Crippen molar-refractivity contribution >= 4 is 23.2 Å². The van der Waals surface area contributed by atoms with E-state index in [0.717, 1.165) is 11.1 Å². The highest BCUT2D eigenvalue weighted by Gasteiger charge is 2.14. The lowest BCUT2D eigenvalue weighted by Gasteiger charge is -2.18. The van der Waals surface area contributed by atoms with Gasteiger partial charge in [-0.2, -0.15) is 0 Å². The minimum absolute atomic E-state index is 0.176. The third-order valence-corrected chi connectivity index (χ3v) is 3.40. The number of halogens is 2. The molecule has 0 heterocycles. The zero-order valence-electron chi connectivity index (χ0n) is 10.4. The molecule has 0 saturated carbocycles. The van der Waals surface area contributed by atoms with Crippen molar-refractivity contribution in [1.29, 1.82) is 0 Å². The summed E-state index contributed by atoms with van der Waals surface area (Å²) in [6, 6.07) is 12.9. The topological polar surface area (TPSA) is 47.3 Å². The Kier molecular flexibility index (Phi) is 4.66. The van der Waals surface area contributed by atoms with Gasteiger partial charge >= 0.3 is 0 Å². The largest absolute Gasteiger partial charge is 0.495 e. The second kappa shape index (κ2) is 6.26. The van der Waals surface area contributed by atoms with Crippen LogP contribution in [0.1, 0.15) is 17.2 Å². The number of ether oxygens (including phenoxy) is 1. The fourth-order valence-corrected chi connectivity index (χ4v) is 2.32. The summed E-state index contributed by atoms with van der Waals surface area (Å²) in [7, 11) is 1.58. The molecule has 3 N–H and O–H groups in total. The van der Waals surface area contributed by atoms with Gasteiger partial charge in [0.05, 0.1) is 18.2 Å². The highest BCUT2D eigenvalue weighted by atomic mass is 35.5. The summed E-state index contributed by atoms with van der Waals surface area (Å²) in [6.07, 6.45) is 0. The molecule has 0 aliphatic heterocycles. The maximum atomic E-state index is 6.02. The van der Waals surface area contributed by atoms with Gasteiger partial charge in [0.25, 0.3) is 0 Å². The Morgan fingerprint density at radius 2 is 1.84 bits per heavy atom. The van der Waals surface area contributed by atoms with Crippen LogP contribution in [-0.2, 0) is 0 Å². The van der Waals surface area contributed by atoms with Gasteiger partial charge in [-0.3, -0.25) is 5.84 Å². The summed E-state index contributed by atoms with van der Waals surface area (Å²) in [5.74, 6) is 6.26. The van der Waals surface area contributed by atoms with E-state index in [9.17, 15) is 0 Å². The van der Waals surface area contributed by atoms with E-state index in [4.69, 9.17) is 33.8 Å². The van der Waals surface area contributed by atoms with Crippen molar-refractivity contribution < 1.29 is 4.74 Å². The smallest absolute Gasteiger partial charge is 0.137 e. The van der Waals surface area contributed by atoms with Crippen LogP contribution in [0.3, 0.4) is 0 Å². The summed E-state index contributed by atoms with van der Waals surface area (Å²) < 4.78 is 5.21. The van der Waals surface area contributed by atoms with E-state index in [1.54, 1.807) is 13.2 Å². The highest BCUT2D eigenvalue weighted by molar-refractivity contribution is 6.32. The van der Waals surface area contributed by atoms with E-state index in [1.165, 1.54) is 0 Å². The van der Waals surface area contributed by atoms with E-state index in [2.05, 4.69) is 5.43 Å². The molecule has 2 aromatic carbocycles. The zero-order chi connectivity index (χ0) is 13.8. The molecule has 0 aliphatic carbocycles. The van der Waals surface area contributed by atoms with Gasteiger partial charge in [0, 0.05) is 5.02 Å². The molecule has 0 fully saturated rings. The first-order valence-electron chi connectivity index (χ1n) is 5.70. The van der Waals surface area contributed by atoms with E-state index in [-0.39, 0.29) is 6.04 Å². The molecule has 100 valence electrons. The monoisotopic (exact) mass is 296 g/mol. The number of nitrogens with one attached hydrogen (secondary N) is 1. The molecular weight excluding hydrogens is 283 g/mol. The van der Waals surface area contributed by atoms with Crippen molar-refractivity contribution in [2.45, 2.75) is 6.04 Å². The van der Waals surface area contributed by atoms with Crippen LogP contribution in [-0.4, -0.2) is 7.11 Å². The summed E-state index contributed by atoms with van der Waals surface area (Å²) in [4.78, 5) is 0. The normalized spacial score (nSPS) is 12.2. The molecule has 0 spiro atoms. The van der Waals surface area contributed by atoms with E-state index < -0.39 is 0 Å². The van der Waals surface area contributed by atoms with Crippen LogP contribution >= 0.6 is 23.2 Å². The molecule has 0 aromatic heterocycles. The molecule has 0 saturated heterocycles. The van der Waals surface area contributed by atoms with Crippen LogP contribution < -0.4 is 16.0 Å². The Morgan fingerprint density at radius 3 is 2.47 bits per heavy atom. The van der Waals surface area contributed by atoms with Gasteiger partial charge in [-0.1, -0.05) is 41.4 Å². The van der Waals surface area contributed by atoms with Gasteiger partial charge in [0.15, 0.2) is 0 Å². The predicted molar refractivity (Wildman–Crippen MR) is 78.6 cm³/mol. The predicted octanol–water partition coefficient (Wildman–Crippen LogP) is 3.55. The Bertz CT molecular complexity index is 575. The molecule has 0 radical (unpaired) electrons. The number of hydrogen-bond donors (Lipinski definition) is 2. The SMILES string of the molecule is COc1cc(C(NN)c2cccc(Cl)c2)ccc1Cl. The summed E-state index contributed by atoms with van der Waals surface area (Å²) >= 11 is 12.0. The lowest BCUT2D eigenvalue weighted by Crippen LogP contribution is -2.28. The molecule has 19 heavy (non-hydrogen) atoms. The summed E-state index contributed by atoms with van der Waals surface area (Å²) in [5.41, 5.74) is 4.70. The fourth-order valence-electron chi connectivity index (χ4n) is 1.93. The quantitative estimate of drug-likeness (QED) is 0.670. The van der Waals surface area contributed by atoms with Gasteiger partial charge in [-0.25, -0.2) is 5.43 Å². The van der Waals surface area contributed by atoms with Crippen molar-refractivity contribution in [2.24, 2.45) is 5.84 Å². The first kappa shape index (κ1) is 14.2. The van der Waals surface area contributed by atoms with Crippen LogP contribution in [0.25, 0.3) is 0 Å². The third kappa shape index (κ3) is 3.19. The average Bonchev–Trinajstić information content (AvgIpc) is 2.41. The van der Waals surface area contributed by atoms with Crippen molar-refractivity contribution in [2.75, 3.05) is 7.11 Å². The first-order valence-corrected chi connectivity index (χ1v) is 6.46. The zero-order valence-corrected chi connectivity index (χ0v) is 11.9. The minimum Gasteiger partial charge on any atom is -0.495 e. The molecule has 2 rings (SSSR count). The Morgan fingerprint density at radius 1 is 1.11 bits per heavy atom. The Labute approximate surface area is 122 Å². The maximum absolute atomic E-state index is 6.02. The van der Waals surface area contributed by atoms with Crippen LogP contribution in [0.2, 0.25) is 10.0 Å². The van der Waals surface area contributed by atoms with E-state index in [1.807, 2.05) is 36.4 Å². The molecule has 0 bridgehead atoms. The summed E-state index contributed by atoms with van der Waals surface area (Å²) in [5, 5.41) is 1.23. The van der Waals surface area contributed by atoms with Crippen molar-refractivity contribution in [3.63, 3.8) is 0 Å². The van der Waals surface area contributed by atoms with Crippen LogP contribution in [0.4, 0.5) is 0 Å². The van der Waals surface area contributed by atoms with E-state index >= 15 is 0 Å². The number of hydrogen-bond acceptors (Lipinski definition) is 3. The lowest BCUT2D eigenvalue weighted by atomic mass is 9.99. The molecule has 1 atom stereocenters. The number of nitrogens with two attached hydrogens (primary N) is 1. The highest BCUT2D eigenvalue weighted by Crippen LogP contribution is 2.30. The van der Waals surface area contributed by atoms with Gasteiger partial charge in [-0.05, 0) is 35.4 Å². The van der Waals surface area contributed by atoms with Gasteiger partial charge in [0.2, 0.25) is 0 Å². The maximum Gasteiger partial charge on any atom is 0.137 e. The van der Waals surface area contributed by atoms with E-state index in [0.29, 0.717) is 15.8 Å². The third-order valence-electron chi connectivity index (χ3n) is 2.86. The second-order valence-electron chi connectivity index (χ2n) is 4.05. The first-order chi connectivity index (χ1) is 9.15. The number of benzene rings is 2. The van der Waals surface area contributed by atoms with Gasteiger partial charge < -0.3 is 4.74 Å². The van der Waals surface area contributed by atoms with Crippen molar-refractivity contribution in [3.05, 3.63) is 63.6 Å². The van der Waals surface area contributed by atoms with Crippen molar-refractivity contribution in [3.8, 4) is 5.75 Å². The molecular formula is C14H14Cl2N2O. The van der Waals surface area contributed by atoms with Crippen LogP contribution in [0, 0.1) is 0 Å². The molecule has 5 heteroatoms. The lowest BCUT2D eigenvalue weighted by molar-refractivity contribution is 0.414. The molecule has 0 amide bonds. The minimum atomic E-state index is -0.176. The van der Waals surface area contributed by atoms with Crippen molar-refractivity contribution in [1.82, 2.24) is 5.43 Å². The number of hydrazine groups is 1. The Hall–Kier alpha value is -1.26. The number of methoxy groups -OCH3 is 1. The van der Waals surface area contributed by atoms with Gasteiger partial charge in [-0.15, -0.1) is 0 Å². The average molecular weight is 297 g/mol.